The molecule has 2 aliphatic rings. The molecule has 4 heteroatoms. The Labute approximate surface area is 98.3 Å². The molecule has 0 aliphatic carbocycles. The van der Waals surface area contributed by atoms with Gasteiger partial charge in [-0.15, -0.1) is 0 Å². The van der Waals surface area contributed by atoms with Gasteiger partial charge in [-0.1, -0.05) is 22.6 Å². The van der Waals surface area contributed by atoms with Gasteiger partial charge in [-0.25, -0.2) is 0 Å². The Morgan fingerprint density at radius 3 is 2.86 bits per heavy atom. The van der Waals surface area contributed by atoms with E-state index in [1.165, 1.54) is 6.42 Å². The highest BCUT2D eigenvalue weighted by atomic mass is 127. The summed E-state index contributed by atoms with van der Waals surface area (Å²) in [6, 6.07) is 0. The Morgan fingerprint density at radius 1 is 1.36 bits per heavy atom. The van der Waals surface area contributed by atoms with Crippen LogP contribution in [0.25, 0.3) is 0 Å². The lowest BCUT2D eigenvalue weighted by molar-refractivity contribution is -0.141. The van der Waals surface area contributed by atoms with E-state index >= 15 is 0 Å². The minimum atomic E-state index is -0.128. The number of piperidine rings is 1. The number of carbonyl (C=O) groups excluding carboxylic acids is 1. The lowest BCUT2D eigenvalue weighted by atomic mass is 10.1. The smallest absolute Gasteiger partial charge is 0.251 e. The van der Waals surface area contributed by atoms with Crippen molar-refractivity contribution in [2.75, 3.05) is 19.7 Å². The van der Waals surface area contributed by atoms with E-state index in [1.54, 1.807) is 0 Å². The number of nitrogens with zero attached hydrogens (tertiary/aromatic N) is 1. The highest BCUT2D eigenvalue weighted by molar-refractivity contribution is 14.1. The molecule has 0 N–H and O–H groups in total. The van der Waals surface area contributed by atoms with Crippen molar-refractivity contribution in [1.29, 1.82) is 0 Å². The topological polar surface area (TPSA) is 29.5 Å². The largest absolute Gasteiger partial charge is 0.368 e. The molecule has 0 saturated carbocycles. The molecule has 0 radical (unpaired) electrons. The van der Waals surface area contributed by atoms with Crippen LogP contribution >= 0.6 is 22.6 Å². The standard InChI is InChI=1S/C10H16INO2/c11-8-3-1-5-12(7-8)10(13)9-4-2-6-14-9/h8-9H,1-7H2/t8-,9-/m1/s1. The number of ether oxygens (including phenoxy) is 1. The van der Waals surface area contributed by atoms with Crippen LogP contribution in [0.3, 0.4) is 0 Å². The quantitative estimate of drug-likeness (QED) is 0.544. The lowest BCUT2D eigenvalue weighted by Gasteiger charge is -2.31. The predicted octanol–water partition coefficient (Wildman–Crippen LogP) is 1.59. The molecule has 2 fully saturated rings. The Balaban J connectivity index is 1.89. The van der Waals surface area contributed by atoms with Crippen molar-refractivity contribution in [3.05, 3.63) is 0 Å². The van der Waals surface area contributed by atoms with E-state index in [4.69, 9.17) is 4.74 Å². The summed E-state index contributed by atoms with van der Waals surface area (Å²) in [6.07, 6.45) is 4.22. The van der Waals surface area contributed by atoms with Gasteiger partial charge in [-0.05, 0) is 25.7 Å². The summed E-state index contributed by atoms with van der Waals surface area (Å²) in [7, 11) is 0. The Bertz CT molecular complexity index is 216. The van der Waals surface area contributed by atoms with E-state index in [0.717, 1.165) is 39.0 Å². The molecule has 2 aliphatic heterocycles. The molecule has 1 amide bonds. The molecule has 80 valence electrons. The molecule has 2 saturated heterocycles. The second kappa shape index (κ2) is 4.79. The van der Waals surface area contributed by atoms with Crippen molar-refractivity contribution < 1.29 is 9.53 Å². The van der Waals surface area contributed by atoms with Gasteiger partial charge in [0, 0.05) is 23.6 Å². The molecular formula is C10H16INO2. The van der Waals surface area contributed by atoms with Crippen LogP contribution in [-0.2, 0) is 9.53 Å². The van der Waals surface area contributed by atoms with Crippen molar-refractivity contribution in [3.63, 3.8) is 0 Å². The molecule has 2 heterocycles. The van der Waals surface area contributed by atoms with E-state index in [1.807, 2.05) is 4.90 Å². The van der Waals surface area contributed by atoms with Crippen molar-refractivity contribution in [2.24, 2.45) is 0 Å². The fourth-order valence-corrected chi connectivity index (χ4v) is 3.02. The lowest BCUT2D eigenvalue weighted by Crippen LogP contribution is -2.45. The van der Waals surface area contributed by atoms with E-state index in [9.17, 15) is 4.79 Å². The third kappa shape index (κ3) is 2.39. The molecule has 0 aromatic heterocycles. The second-order valence-corrected chi connectivity index (χ2v) is 5.79. The number of rotatable bonds is 1. The fourth-order valence-electron chi connectivity index (χ4n) is 2.10. The first-order valence-electron chi connectivity index (χ1n) is 5.32. The summed E-state index contributed by atoms with van der Waals surface area (Å²) in [5.74, 6) is 0.226. The van der Waals surface area contributed by atoms with Crippen LogP contribution in [0.1, 0.15) is 25.7 Å². The summed E-state index contributed by atoms with van der Waals surface area (Å²) >= 11 is 2.43. The number of alkyl halides is 1. The van der Waals surface area contributed by atoms with Gasteiger partial charge in [-0.2, -0.15) is 0 Å². The zero-order valence-corrected chi connectivity index (χ0v) is 10.4. The maximum absolute atomic E-state index is 11.9. The van der Waals surface area contributed by atoms with E-state index < -0.39 is 0 Å². The van der Waals surface area contributed by atoms with Gasteiger partial charge in [0.15, 0.2) is 0 Å². The first-order chi connectivity index (χ1) is 6.77. The maximum Gasteiger partial charge on any atom is 0.251 e. The van der Waals surface area contributed by atoms with Crippen molar-refractivity contribution >= 4 is 28.5 Å². The molecule has 2 atom stereocenters. The molecular weight excluding hydrogens is 293 g/mol. The minimum absolute atomic E-state index is 0.128. The van der Waals surface area contributed by atoms with Crippen molar-refractivity contribution in [3.8, 4) is 0 Å². The number of amides is 1. The summed E-state index contributed by atoms with van der Waals surface area (Å²) in [5, 5.41) is 0. The van der Waals surface area contributed by atoms with Crippen LogP contribution in [0, 0.1) is 0 Å². The van der Waals surface area contributed by atoms with Crippen LogP contribution < -0.4 is 0 Å². The highest BCUT2D eigenvalue weighted by Crippen LogP contribution is 2.21. The van der Waals surface area contributed by atoms with Crippen molar-refractivity contribution in [1.82, 2.24) is 4.90 Å². The molecule has 3 nitrogen and oxygen atoms in total. The maximum atomic E-state index is 11.9. The zero-order chi connectivity index (χ0) is 9.97. The number of hydrogen-bond acceptors (Lipinski definition) is 2. The number of hydrogen-bond donors (Lipinski definition) is 0. The van der Waals surface area contributed by atoms with Crippen LogP contribution in [0.5, 0.6) is 0 Å². The van der Waals surface area contributed by atoms with Gasteiger partial charge < -0.3 is 9.64 Å². The van der Waals surface area contributed by atoms with Gasteiger partial charge in [0.25, 0.3) is 5.91 Å². The van der Waals surface area contributed by atoms with Gasteiger partial charge in [0.05, 0.1) is 0 Å². The first kappa shape index (κ1) is 10.7. The van der Waals surface area contributed by atoms with E-state index in [0.29, 0.717) is 3.92 Å². The second-order valence-electron chi connectivity index (χ2n) is 4.03. The normalized spacial score (nSPS) is 33.4. The predicted molar refractivity (Wildman–Crippen MR) is 62.6 cm³/mol. The Kier molecular flexibility index (Phi) is 3.65. The Morgan fingerprint density at radius 2 is 2.21 bits per heavy atom. The molecule has 14 heavy (non-hydrogen) atoms. The average molecular weight is 309 g/mol. The summed E-state index contributed by atoms with van der Waals surface area (Å²) in [5.41, 5.74) is 0. The molecule has 0 aromatic rings. The summed E-state index contributed by atoms with van der Waals surface area (Å²) in [4.78, 5) is 13.9. The van der Waals surface area contributed by atoms with Crippen LogP contribution in [0.15, 0.2) is 0 Å². The van der Waals surface area contributed by atoms with Gasteiger partial charge in [-0.3, -0.25) is 4.79 Å². The SMILES string of the molecule is O=C([C@H]1CCCO1)N1CCC[C@@H](I)C1. The monoisotopic (exact) mass is 309 g/mol. The van der Waals surface area contributed by atoms with Crippen LogP contribution in [0.4, 0.5) is 0 Å². The number of halogens is 1. The summed E-state index contributed by atoms with van der Waals surface area (Å²) < 4.78 is 6.04. The van der Waals surface area contributed by atoms with Gasteiger partial charge in [0.1, 0.15) is 6.10 Å². The Hall–Kier alpha value is 0.160. The average Bonchev–Trinajstić information content (AvgIpc) is 2.69. The zero-order valence-electron chi connectivity index (χ0n) is 8.25. The summed E-state index contributed by atoms with van der Waals surface area (Å²) in [6.45, 7) is 2.61. The molecule has 0 unspecified atom stereocenters. The van der Waals surface area contributed by atoms with E-state index in [-0.39, 0.29) is 12.0 Å². The van der Waals surface area contributed by atoms with Crippen LogP contribution in [-0.4, -0.2) is 40.5 Å². The molecule has 0 bridgehead atoms. The van der Waals surface area contributed by atoms with Crippen molar-refractivity contribution in [2.45, 2.75) is 35.7 Å². The molecule has 0 aromatic carbocycles. The van der Waals surface area contributed by atoms with Crippen LogP contribution in [0.2, 0.25) is 0 Å². The van der Waals surface area contributed by atoms with Gasteiger partial charge >= 0.3 is 0 Å². The third-order valence-corrected chi connectivity index (χ3v) is 3.90. The van der Waals surface area contributed by atoms with E-state index in [2.05, 4.69) is 22.6 Å². The first-order valence-corrected chi connectivity index (χ1v) is 6.56. The fraction of sp³-hybridized carbons (Fsp3) is 0.900. The molecule has 2 rings (SSSR count). The number of likely N-dealkylation sites (tertiary alicyclic amines) is 1. The molecule has 0 spiro atoms. The van der Waals surface area contributed by atoms with Gasteiger partial charge in [0.2, 0.25) is 0 Å². The minimum Gasteiger partial charge on any atom is -0.368 e. The highest BCUT2D eigenvalue weighted by Gasteiger charge is 2.30. The third-order valence-electron chi connectivity index (χ3n) is 2.88. The number of carbonyl (C=O) groups is 1.